The smallest absolute Gasteiger partial charge is 0.247 e. The first-order valence-corrected chi connectivity index (χ1v) is 7.48. The van der Waals surface area contributed by atoms with E-state index in [1.54, 1.807) is 18.5 Å². The first-order chi connectivity index (χ1) is 10.2. The Balaban J connectivity index is 1.56. The lowest BCUT2D eigenvalue weighted by Crippen LogP contribution is -2.35. The first kappa shape index (κ1) is 14.1. The van der Waals surface area contributed by atoms with Crippen LogP contribution in [0, 0.1) is 5.92 Å². The molecule has 1 aliphatic heterocycles. The minimum absolute atomic E-state index is 0.0477. The van der Waals surface area contributed by atoms with Crippen molar-refractivity contribution < 1.29 is 0 Å². The number of rotatable bonds is 3. The van der Waals surface area contributed by atoms with Crippen LogP contribution < -0.4 is 10.5 Å². The van der Waals surface area contributed by atoms with Gasteiger partial charge in [-0.05, 0) is 30.7 Å². The van der Waals surface area contributed by atoms with E-state index in [-0.39, 0.29) is 5.56 Å². The Bertz CT molecular complexity index is 627. The highest BCUT2D eigenvalue weighted by molar-refractivity contribution is 6.30. The molecule has 1 fully saturated rings. The molecule has 0 atom stereocenters. The summed E-state index contributed by atoms with van der Waals surface area (Å²) in [6.07, 6.45) is 8.30. The summed E-state index contributed by atoms with van der Waals surface area (Å²) < 4.78 is 0. The highest BCUT2D eigenvalue weighted by Crippen LogP contribution is 2.23. The lowest BCUT2D eigenvalue weighted by Gasteiger charge is -2.32. The number of aromatic amines is 1. The summed E-state index contributed by atoms with van der Waals surface area (Å²) in [5.74, 6) is 1.39. The predicted octanol–water partition coefficient (Wildman–Crippen LogP) is 2.28. The molecule has 1 N–H and O–H groups in total. The number of hydrogen-bond acceptors (Lipinski definition) is 4. The molecule has 0 saturated carbocycles. The maximum Gasteiger partial charge on any atom is 0.247 e. The van der Waals surface area contributed by atoms with Crippen molar-refractivity contribution in [3.05, 3.63) is 51.7 Å². The highest BCUT2D eigenvalue weighted by Gasteiger charge is 2.21. The Hall–Kier alpha value is -1.88. The third-order valence-electron chi connectivity index (χ3n) is 3.88. The van der Waals surface area contributed by atoms with Crippen molar-refractivity contribution in [3.63, 3.8) is 0 Å². The van der Waals surface area contributed by atoms with E-state index < -0.39 is 0 Å². The van der Waals surface area contributed by atoms with Gasteiger partial charge in [0.25, 0.3) is 0 Å². The highest BCUT2D eigenvalue weighted by atomic mass is 35.5. The zero-order valence-electron chi connectivity index (χ0n) is 11.6. The van der Waals surface area contributed by atoms with E-state index in [2.05, 4.69) is 19.9 Å². The minimum Gasteiger partial charge on any atom is -0.341 e. The van der Waals surface area contributed by atoms with Crippen LogP contribution in [0.25, 0.3) is 0 Å². The predicted molar refractivity (Wildman–Crippen MR) is 82.7 cm³/mol. The van der Waals surface area contributed by atoms with Gasteiger partial charge in [0.1, 0.15) is 0 Å². The van der Waals surface area contributed by atoms with Crippen LogP contribution in [0.3, 0.4) is 0 Å². The molecule has 0 radical (unpaired) electrons. The second-order valence-corrected chi connectivity index (χ2v) is 5.83. The zero-order chi connectivity index (χ0) is 14.7. The van der Waals surface area contributed by atoms with Crippen molar-refractivity contribution in [2.75, 3.05) is 18.0 Å². The van der Waals surface area contributed by atoms with E-state index in [9.17, 15) is 4.79 Å². The Morgan fingerprint density at radius 1 is 1.24 bits per heavy atom. The largest absolute Gasteiger partial charge is 0.341 e. The Kier molecular flexibility index (Phi) is 4.20. The van der Waals surface area contributed by atoms with Crippen LogP contribution in [0.1, 0.15) is 18.4 Å². The third kappa shape index (κ3) is 3.61. The number of nitrogens with one attached hydrogen (secondary N) is 1. The number of halogens is 1. The van der Waals surface area contributed by atoms with Crippen molar-refractivity contribution >= 4 is 17.5 Å². The fourth-order valence-corrected chi connectivity index (χ4v) is 2.81. The molecule has 5 nitrogen and oxygen atoms in total. The molecular weight excluding hydrogens is 288 g/mol. The molecule has 110 valence electrons. The molecule has 0 aliphatic carbocycles. The summed E-state index contributed by atoms with van der Waals surface area (Å²) in [6.45, 7) is 1.91. The first-order valence-electron chi connectivity index (χ1n) is 7.11. The van der Waals surface area contributed by atoms with E-state index >= 15 is 0 Å². The third-order valence-corrected chi connectivity index (χ3v) is 4.07. The quantitative estimate of drug-likeness (QED) is 0.945. The van der Waals surface area contributed by atoms with Crippen molar-refractivity contribution in [2.24, 2.45) is 5.92 Å². The van der Waals surface area contributed by atoms with Gasteiger partial charge in [0.15, 0.2) is 0 Å². The van der Waals surface area contributed by atoms with Gasteiger partial charge in [-0.3, -0.25) is 4.79 Å². The van der Waals surface area contributed by atoms with Gasteiger partial charge in [-0.15, -0.1) is 0 Å². The van der Waals surface area contributed by atoms with Crippen LogP contribution in [-0.4, -0.2) is 28.0 Å². The lowest BCUT2D eigenvalue weighted by molar-refractivity contribution is 0.400. The fraction of sp³-hybridized carbons (Fsp3) is 0.400. The Morgan fingerprint density at radius 3 is 2.57 bits per heavy atom. The topological polar surface area (TPSA) is 61.9 Å². The van der Waals surface area contributed by atoms with Gasteiger partial charge in [0.2, 0.25) is 11.5 Å². The van der Waals surface area contributed by atoms with Gasteiger partial charge in [-0.2, -0.15) is 0 Å². The van der Waals surface area contributed by atoms with Crippen LogP contribution in [0.15, 0.2) is 35.5 Å². The number of hydrogen-bond donors (Lipinski definition) is 1. The molecule has 0 bridgehead atoms. The summed E-state index contributed by atoms with van der Waals surface area (Å²) in [6, 6.07) is 3.50. The summed E-state index contributed by atoms with van der Waals surface area (Å²) in [4.78, 5) is 24.5. The summed E-state index contributed by atoms with van der Waals surface area (Å²) >= 11 is 5.81. The second-order valence-electron chi connectivity index (χ2n) is 5.40. The zero-order valence-corrected chi connectivity index (χ0v) is 12.4. The average molecular weight is 305 g/mol. The van der Waals surface area contributed by atoms with E-state index in [1.165, 1.54) is 5.56 Å². The molecule has 2 aromatic heterocycles. The molecule has 0 unspecified atom stereocenters. The molecule has 6 heteroatoms. The van der Waals surface area contributed by atoms with Crippen molar-refractivity contribution in [1.29, 1.82) is 0 Å². The maximum absolute atomic E-state index is 11.1. The second kappa shape index (κ2) is 6.26. The van der Waals surface area contributed by atoms with Crippen molar-refractivity contribution in [1.82, 2.24) is 15.0 Å². The van der Waals surface area contributed by atoms with Crippen LogP contribution in [0.4, 0.5) is 5.95 Å². The summed E-state index contributed by atoms with van der Waals surface area (Å²) in [5.41, 5.74) is 1.14. The van der Waals surface area contributed by atoms with Crippen LogP contribution in [0.2, 0.25) is 5.02 Å². The van der Waals surface area contributed by atoms with Gasteiger partial charge in [0, 0.05) is 25.4 Å². The van der Waals surface area contributed by atoms with Gasteiger partial charge >= 0.3 is 0 Å². The van der Waals surface area contributed by atoms with Crippen LogP contribution >= 0.6 is 11.6 Å². The molecule has 1 saturated heterocycles. The van der Waals surface area contributed by atoms with E-state index in [0.29, 0.717) is 10.9 Å². The molecular formula is C15H17ClN4O. The van der Waals surface area contributed by atoms with Gasteiger partial charge < -0.3 is 9.88 Å². The van der Waals surface area contributed by atoms with E-state index in [0.717, 1.165) is 38.3 Å². The molecule has 0 spiro atoms. The molecule has 0 aromatic carbocycles. The van der Waals surface area contributed by atoms with Gasteiger partial charge in [-0.1, -0.05) is 17.7 Å². The van der Waals surface area contributed by atoms with Crippen LogP contribution in [-0.2, 0) is 6.42 Å². The van der Waals surface area contributed by atoms with Crippen LogP contribution in [0.5, 0.6) is 0 Å². The van der Waals surface area contributed by atoms with Crippen molar-refractivity contribution in [2.45, 2.75) is 19.3 Å². The molecule has 3 heterocycles. The Labute approximate surface area is 128 Å². The normalized spacial score (nSPS) is 16.1. The summed E-state index contributed by atoms with van der Waals surface area (Å²) in [5, 5.41) is 0.562. The number of aromatic nitrogens is 3. The number of piperidine rings is 1. The maximum atomic E-state index is 11.1. The average Bonchev–Trinajstić information content (AvgIpc) is 2.51. The van der Waals surface area contributed by atoms with E-state index in [4.69, 9.17) is 11.6 Å². The van der Waals surface area contributed by atoms with Gasteiger partial charge in [-0.25, -0.2) is 9.97 Å². The SMILES string of the molecule is O=c1ccc(CC2CCN(c3ncc(Cl)cn3)CC2)c[nH]1. The van der Waals surface area contributed by atoms with Gasteiger partial charge in [0.05, 0.1) is 17.4 Å². The molecule has 3 rings (SSSR count). The van der Waals surface area contributed by atoms with E-state index in [1.807, 2.05) is 12.3 Å². The Morgan fingerprint density at radius 2 is 1.95 bits per heavy atom. The number of nitrogens with zero attached hydrogens (tertiary/aromatic N) is 3. The fourth-order valence-electron chi connectivity index (χ4n) is 2.71. The lowest BCUT2D eigenvalue weighted by atomic mass is 9.91. The summed E-state index contributed by atoms with van der Waals surface area (Å²) in [7, 11) is 0. The van der Waals surface area contributed by atoms with Crippen molar-refractivity contribution in [3.8, 4) is 0 Å². The molecule has 2 aromatic rings. The minimum atomic E-state index is -0.0477. The molecule has 0 amide bonds. The molecule has 21 heavy (non-hydrogen) atoms. The monoisotopic (exact) mass is 304 g/mol. The standard InChI is InChI=1S/C15H17ClN4O/c16-13-9-18-15(19-10-13)20-5-3-11(4-6-20)7-12-1-2-14(21)17-8-12/h1-2,8-11H,3-7H2,(H,17,21). The number of H-pyrrole nitrogens is 1. The molecule has 1 aliphatic rings. The number of pyridine rings is 1. The number of anilines is 1.